The maximum atomic E-state index is 12.8. The molecule has 3 rings (SSSR count). The van der Waals surface area contributed by atoms with E-state index in [0.717, 1.165) is 17.7 Å². The van der Waals surface area contributed by atoms with E-state index in [9.17, 15) is 18.5 Å². The number of nitriles is 1. The molecular formula is C18H24ClN4O3S+. The zero-order valence-corrected chi connectivity index (χ0v) is 16.8. The van der Waals surface area contributed by atoms with Gasteiger partial charge in [0, 0.05) is 0 Å². The minimum absolute atomic E-state index is 0.113. The summed E-state index contributed by atoms with van der Waals surface area (Å²) in [6.45, 7) is 3.73. The fraction of sp³-hybridized carbons (Fsp3) is 0.556. The second kappa shape index (κ2) is 7.76. The summed E-state index contributed by atoms with van der Waals surface area (Å²) in [6, 6.07) is 8.63. The highest BCUT2D eigenvalue weighted by Crippen LogP contribution is 2.39. The number of rotatable bonds is 6. The van der Waals surface area contributed by atoms with Crippen LogP contribution >= 0.6 is 11.6 Å². The number of quaternary nitrogens is 1. The molecule has 146 valence electrons. The Labute approximate surface area is 164 Å². The van der Waals surface area contributed by atoms with Gasteiger partial charge in [-0.25, -0.2) is 8.42 Å². The molecule has 0 aromatic heterocycles. The summed E-state index contributed by atoms with van der Waals surface area (Å²) < 4.78 is 26.9. The third-order valence-corrected chi connectivity index (χ3v) is 7.72. The van der Waals surface area contributed by atoms with Crippen molar-refractivity contribution in [3.63, 3.8) is 0 Å². The molecule has 1 aromatic carbocycles. The van der Waals surface area contributed by atoms with Gasteiger partial charge < -0.3 is 10.2 Å². The smallest absolute Gasteiger partial charge is 0.276 e. The van der Waals surface area contributed by atoms with Crippen molar-refractivity contribution in [2.75, 3.05) is 32.7 Å². The highest BCUT2D eigenvalue weighted by molar-refractivity contribution is 7.89. The normalized spacial score (nSPS) is 21.2. The van der Waals surface area contributed by atoms with Crippen molar-refractivity contribution in [3.05, 3.63) is 29.3 Å². The van der Waals surface area contributed by atoms with Gasteiger partial charge in [-0.1, -0.05) is 23.7 Å². The Morgan fingerprint density at radius 1 is 1.37 bits per heavy atom. The molecule has 2 aliphatic rings. The van der Waals surface area contributed by atoms with Crippen LogP contribution in [0.25, 0.3) is 0 Å². The molecule has 9 heteroatoms. The number of nitrogens with zero attached hydrogens (tertiary/aromatic N) is 2. The van der Waals surface area contributed by atoms with E-state index in [1.165, 1.54) is 10.4 Å². The number of sulfonamides is 1. The lowest BCUT2D eigenvalue weighted by Crippen LogP contribution is -3.16. The first-order valence-corrected chi connectivity index (χ1v) is 10.9. The third kappa shape index (κ3) is 4.43. The van der Waals surface area contributed by atoms with Gasteiger partial charge in [0.1, 0.15) is 10.4 Å². The van der Waals surface area contributed by atoms with Crippen molar-refractivity contribution in [1.82, 2.24) is 9.62 Å². The molecule has 1 aromatic rings. The van der Waals surface area contributed by atoms with Crippen LogP contribution in [0.5, 0.6) is 0 Å². The lowest BCUT2D eigenvalue weighted by Gasteiger charge is -2.32. The van der Waals surface area contributed by atoms with Gasteiger partial charge in [0.05, 0.1) is 37.3 Å². The van der Waals surface area contributed by atoms with Crippen LogP contribution in [0.15, 0.2) is 29.2 Å². The van der Waals surface area contributed by atoms with E-state index in [4.69, 9.17) is 11.6 Å². The van der Waals surface area contributed by atoms with Crippen LogP contribution in [0.2, 0.25) is 5.02 Å². The van der Waals surface area contributed by atoms with Crippen molar-refractivity contribution in [2.24, 2.45) is 5.92 Å². The van der Waals surface area contributed by atoms with E-state index in [2.05, 4.69) is 11.4 Å². The number of amides is 1. The van der Waals surface area contributed by atoms with E-state index in [0.29, 0.717) is 26.2 Å². The first-order valence-electron chi connectivity index (χ1n) is 9.07. The molecule has 1 amide bonds. The molecule has 2 N–H and O–H groups in total. The van der Waals surface area contributed by atoms with Crippen LogP contribution in [0.1, 0.15) is 19.8 Å². The fourth-order valence-electron chi connectivity index (χ4n) is 3.46. The van der Waals surface area contributed by atoms with Gasteiger partial charge in [0.25, 0.3) is 5.91 Å². The summed E-state index contributed by atoms with van der Waals surface area (Å²) in [5.74, 6) is 0.0717. The summed E-state index contributed by atoms with van der Waals surface area (Å²) >= 11 is 6.04. The maximum absolute atomic E-state index is 12.8. The molecule has 27 heavy (non-hydrogen) atoms. The van der Waals surface area contributed by atoms with E-state index in [1.54, 1.807) is 25.1 Å². The van der Waals surface area contributed by atoms with Gasteiger partial charge in [-0.15, -0.1) is 0 Å². The Kier molecular flexibility index (Phi) is 5.77. The lowest BCUT2D eigenvalue weighted by molar-refractivity contribution is -0.895. The van der Waals surface area contributed by atoms with Gasteiger partial charge in [-0.3, -0.25) is 4.79 Å². The number of hydrogen-bond acceptors (Lipinski definition) is 4. The van der Waals surface area contributed by atoms with Gasteiger partial charge in [-0.05, 0) is 37.8 Å². The zero-order chi connectivity index (χ0) is 19.7. The number of carbonyl (C=O) groups is 1. The van der Waals surface area contributed by atoms with Crippen molar-refractivity contribution in [3.8, 4) is 6.07 Å². The molecule has 2 fully saturated rings. The second-order valence-electron chi connectivity index (χ2n) is 7.40. The Morgan fingerprint density at radius 3 is 2.56 bits per heavy atom. The number of carbonyl (C=O) groups excluding carboxylic acids is 1. The lowest BCUT2D eigenvalue weighted by atomic mass is 9.98. The van der Waals surface area contributed by atoms with Crippen LogP contribution < -0.4 is 10.2 Å². The Balaban J connectivity index is 1.55. The van der Waals surface area contributed by atoms with Crippen LogP contribution in [-0.2, 0) is 14.8 Å². The SMILES string of the molecule is C[C@@](C#N)(NC(=O)C[NH+]1CCN(S(=O)(=O)c2ccccc2Cl)CC1)C1CC1. The average Bonchev–Trinajstić information content (AvgIpc) is 3.48. The quantitative estimate of drug-likeness (QED) is 0.690. The Morgan fingerprint density at radius 2 is 2.00 bits per heavy atom. The summed E-state index contributed by atoms with van der Waals surface area (Å²) in [6.07, 6.45) is 1.94. The van der Waals surface area contributed by atoms with Crippen LogP contribution in [0.4, 0.5) is 0 Å². The van der Waals surface area contributed by atoms with Gasteiger partial charge in [0.15, 0.2) is 6.54 Å². The van der Waals surface area contributed by atoms with Crippen molar-refractivity contribution in [1.29, 1.82) is 5.26 Å². The molecule has 0 spiro atoms. The van der Waals surface area contributed by atoms with Crippen LogP contribution in [-0.4, -0.2) is 56.9 Å². The van der Waals surface area contributed by atoms with Gasteiger partial charge >= 0.3 is 0 Å². The molecule has 0 bridgehead atoms. The highest BCUT2D eigenvalue weighted by Gasteiger charge is 2.43. The molecule has 1 saturated carbocycles. The summed E-state index contributed by atoms with van der Waals surface area (Å²) in [5, 5.41) is 12.4. The van der Waals surface area contributed by atoms with Gasteiger partial charge in [-0.2, -0.15) is 9.57 Å². The number of hydrogen-bond donors (Lipinski definition) is 2. The number of halogens is 1. The van der Waals surface area contributed by atoms with E-state index in [-0.39, 0.29) is 28.3 Å². The number of piperazine rings is 1. The Bertz CT molecular complexity index is 858. The standard InChI is InChI=1S/C18H23ClN4O3S/c1-18(13-20,14-6-7-14)21-17(24)12-22-8-10-23(11-9-22)27(25,26)16-5-3-2-4-15(16)19/h2-5,14H,6-12H2,1H3,(H,21,24)/p+1/t18-/m0/s1. The minimum Gasteiger partial charge on any atom is -0.333 e. The largest absolute Gasteiger partial charge is 0.333 e. The van der Waals surface area contributed by atoms with Crippen LogP contribution in [0, 0.1) is 17.2 Å². The Hall–Kier alpha value is -1.66. The van der Waals surface area contributed by atoms with Crippen molar-refractivity contribution >= 4 is 27.5 Å². The molecule has 0 radical (unpaired) electrons. The van der Waals surface area contributed by atoms with E-state index >= 15 is 0 Å². The fourth-order valence-corrected chi connectivity index (χ4v) is 5.39. The monoisotopic (exact) mass is 411 g/mol. The molecule has 1 aliphatic carbocycles. The minimum atomic E-state index is -3.64. The summed E-state index contributed by atoms with van der Waals surface area (Å²) in [7, 11) is -3.64. The molecule has 1 atom stereocenters. The molecule has 1 heterocycles. The third-order valence-electron chi connectivity index (χ3n) is 5.32. The highest BCUT2D eigenvalue weighted by atomic mass is 35.5. The molecule has 1 aliphatic heterocycles. The topological polar surface area (TPSA) is 94.7 Å². The number of nitrogens with one attached hydrogen (secondary N) is 2. The summed E-state index contributed by atoms with van der Waals surface area (Å²) in [4.78, 5) is 13.5. The first kappa shape index (κ1) is 20.1. The van der Waals surface area contributed by atoms with Crippen LogP contribution in [0.3, 0.4) is 0 Å². The van der Waals surface area contributed by atoms with Crippen molar-refractivity contribution < 1.29 is 18.1 Å². The second-order valence-corrected chi connectivity index (χ2v) is 9.71. The number of benzene rings is 1. The average molecular weight is 412 g/mol. The zero-order valence-electron chi connectivity index (χ0n) is 15.2. The first-order chi connectivity index (χ1) is 12.8. The molecule has 7 nitrogen and oxygen atoms in total. The molecular weight excluding hydrogens is 388 g/mol. The van der Waals surface area contributed by atoms with E-state index in [1.807, 2.05) is 0 Å². The van der Waals surface area contributed by atoms with E-state index < -0.39 is 15.6 Å². The molecule has 1 saturated heterocycles. The summed E-state index contributed by atoms with van der Waals surface area (Å²) in [5.41, 5.74) is -0.800. The predicted molar refractivity (Wildman–Crippen MR) is 101 cm³/mol. The maximum Gasteiger partial charge on any atom is 0.276 e. The van der Waals surface area contributed by atoms with Crippen molar-refractivity contribution in [2.45, 2.75) is 30.2 Å². The predicted octanol–water partition coefficient (Wildman–Crippen LogP) is 0.0377. The van der Waals surface area contributed by atoms with Gasteiger partial charge in [0.2, 0.25) is 10.0 Å². The molecule has 0 unspecified atom stereocenters.